The minimum atomic E-state index is -0.190. The molecule has 21 heavy (non-hydrogen) atoms. The topological polar surface area (TPSA) is 29.9 Å². The molecular formula is C16H19ClFN3. The average molecular weight is 308 g/mol. The molecule has 0 radical (unpaired) electrons. The van der Waals surface area contributed by atoms with Crippen LogP contribution in [0.2, 0.25) is 5.02 Å². The highest BCUT2D eigenvalue weighted by atomic mass is 35.5. The van der Waals surface area contributed by atoms with Crippen molar-refractivity contribution >= 4 is 11.6 Å². The minimum absolute atomic E-state index is 0.0921. The van der Waals surface area contributed by atoms with Gasteiger partial charge in [-0.2, -0.15) is 5.10 Å². The van der Waals surface area contributed by atoms with E-state index in [-0.39, 0.29) is 11.2 Å². The van der Waals surface area contributed by atoms with Crippen molar-refractivity contribution in [2.75, 3.05) is 13.1 Å². The van der Waals surface area contributed by atoms with Gasteiger partial charge in [0.2, 0.25) is 0 Å². The van der Waals surface area contributed by atoms with E-state index in [9.17, 15) is 4.39 Å². The van der Waals surface area contributed by atoms with Crippen LogP contribution in [0, 0.1) is 12.7 Å². The Bertz CT molecular complexity index is 662. The van der Waals surface area contributed by atoms with E-state index < -0.39 is 0 Å². The van der Waals surface area contributed by atoms with Crippen LogP contribution < -0.4 is 5.32 Å². The summed E-state index contributed by atoms with van der Waals surface area (Å²) in [6.07, 6.45) is 0.775. The van der Waals surface area contributed by atoms with Crippen molar-refractivity contribution in [2.24, 2.45) is 0 Å². The molecule has 3 rings (SSSR count). The first kappa shape index (κ1) is 14.5. The fraction of sp³-hybridized carbons (Fsp3) is 0.438. The largest absolute Gasteiger partial charge is 0.315 e. The van der Waals surface area contributed by atoms with Gasteiger partial charge in [0.15, 0.2) is 0 Å². The molecule has 0 amide bonds. The first-order valence-electron chi connectivity index (χ1n) is 7.24. The normalized spacial score (nSPS) is 16.8. The fourth-order valence-corrected chi connectivity index (χ4v) is 3.24. The van der Waals surface area contributed by atoms with E-state index in [2.05, 4.69) is 17.3 Å². The molecule has 0 unspecified atom stereocenters. The Labute approximate surface area is 129 Å². The molecule has 1 fully saturated rings. The number of benzene rings is 1. The van der Waals surface area contributed by atoms with Crippen molar-refractivity contribution in [1.82, 2.24) is 15.1 Å². The first-order valence-corrected chi connectivity index (χ1v) is 7.62. The van der Waals surface area contributed by atoms with E-state index in [0.717, 1.165) is 48.0 Å². The standard InChI is InChI=1S/C16H19ClFN3/c1-3-21-14(15(17)11(2)20-21)8-16(9-19-10-16)12-5-4-6-13(18)7-12/h4-7,19H,3,8-10H2,1-2H3. The van der Waals surface area contributed by atoms with Crippen LogP contribution in [0.4, 0.5) is 4.39 Å². The molecule has 1 saturated heterocycles. The maximum atomic E-state index is 13.6. The second kappa shape index (κ2) is 5.43. The highest BCUT2D eigenvalue weighted by Gasteiger charge is 2.40. The maximum Gasteiger partial charge on any atom is 0.123 e. The number of halogens is 2. The van der Waals surface area contributed by atoms with E-state index in [1.807, 2.05) is 17.7 Å². The van der Waals surface area contributed by atoms with Crippen molar-refractivity contribution in [2.45, 2.75) is 32.2 Å². The molecule has 0 saturated carbocycles. The fourth-order valence-electron chi connectivity index (χ4n) is 3.03. The third kappa shape index (κ3) is 2.47. The molecule has 2 aromatic rings. The van der Waals surface area contributed by atoms with Crippen LogP contribution >= 0.6 is 11.6 Å². The van der Waals surface area contributed by atoms with Crippen molar-refractivity contribution < 1.29 is 4.39 Å². The summed E-state index contributed by atoms with van der Waals surface area (Å²) < 4.78 is 15.5. The highest BCUT2D eigenvalue weighted by Crippen LogP contribution is 2.35. The lowest BCUT2D eigenvalue weighted by Gasteiger charge is -2.43. The van der Waals surface area contributed by atoms with Crippen LogP contribution in [0.15, 0.2) is 24.3 Å². The van der Waals surface area contributed by atoms with E-state index >= 15 is 0 Å². The zero-order valence-electron chi connectivity index (χ0n) is 12.3. The molecule has 1 aliphatic heterocycles. The summed E-state index contributed by atoms with van der Waals surface area (Å²) >= 11 is 6.42. The SMILES string of the molecule is CCn1nc(C)c(Cl)c1CC1(c2cccc(F)c2)CNC1. The third-order valence-corrected chi connectivity index (χ3v) is 4.81. The van der Waals surface area contributed by atoms with Crippen LogP contribution in [-0.2, 0) is 18.4 Å². The van der Waals surface area contributed by atoms with Gasteiger partial charge in [0.1, 0.15) is 5.82 Å². The quantitative estimate of drug-likeness (QED) is 0.940. The second-order valence-electron chi connectivity index (χ2n) is 5.73. The first-order chi connectivity index (χ1) is 10.1. The van der Waals surface area contributed by atoms with Gasteiger partial charge in [-0.1, -0.05) is 23.7 Å². The monoisotopic (exact) mass is 307 g/mol. The molecule has 1 aromatic carbocycles. The van der Waals surface area contributed by atoms with Crippen molar-refractivity contribution in [1.29, 1.82) is 0 Å². The molecular weight excluding hydrogens is 289 g/mol. The third-order valence-electron chi connectivity index (χ3n) is 4.32. The Hall–Kier alpha value is -1.39. The van der Waals surface area contributed by atoms with Gasteiger partial charge in [0.05, 0.1) is 16.4 Å². The lowest BCUT2D eigenvalue weighted by molar-refractivity contribution is 0.268. The summed E-state index contributed by atoms with van der Waals surface area (Å²) in [5, 5.41) is 8.52. The molecule has 1 N–H and O–H groups in total. The molecule has 3 nitrogen and oxygen atoms in total. The van der Waals surface area contributed by atoms with Gasteiger partial charge >= 0.3 is 0 Å². The average Bonchev–Trinajstić information content (AvgIpc) is 2.69. The number of aromatic nitrogens is 2. The second-order valence-corrected chi connectivity index (χ2v) is 6.11. The van der Waals surface area contributed by atoms with E-state index in [1.54, 1.807) is 12.1 Å². The summed E-state index contributed by atoms with van der Waals surface area (Å²) in [5.41, 5.74) is 2.84. The van der Waals surface area contributed by atoms with Crippen LogP contribution in [0.5, 0.6) is 0 Å². The van der Waals surface area contributed by atoms with Crippen LogP contribution in [0.1, 0.15) is 23.9 Å². The summed E-state index contributed by atoms with van der Waals surface area (Å²) in [5.74, 6) is -0.190. The minimum Gasteiger partial charge on any atom is -0.315 e. The van der Waals surface area contributed by atoms with Crippen LogP contribution in [0.25, 0.3) is 0 Å². The zero-order valence-corrected chi connectivity index (χ0v) is 13.0. The Balaban J connectivity index is 1.99. The van der Waals surface area contributed by atoms with Crippen molar-refractivity contribution in [3.63, 3.8) is 0 Å². The number of hydrogen-bond donors (Lipinski definition) is 1. The van der Waals surface area contributed by atoms with Crippen molar-refractivity contribution in [3.05, 3.63) is 52.1 Å². The van der Waals surface area contributed by atoms with Crippen LogP contribution in [0.3, 0.4) is 0 Å². The molecule has 1 aromatic heterocycles. The summed E-state index contributed by atoms with van der Waals surface area (Å²) in [6, 6.07) is 6.89. The smallest absolute Gasteiger partial charge is 0.123 e. The number of aryl methyl sites for hydroxylation is 2. The summed E-state index contributed by atoms with van der Waals surface area (Å²) in [4.78, 5) is 0. The lowest BCUT2D eigenvalue weighted by Crippen LogP contribution is -2.58. The number of hydrogen-bond acceptors (Lipinski definition) is 2. The summed E-state index contributed by atoms with van der Waals surface area (Å²) in [6.45, 7) is 6.43. The zero-order chi connectivity index (χ0) is 15.0. The number of rotatable bonds is 4. The van der Waals surface area contributed by atoms with Gasteiger partial charge in [-0.15, -0.1) is 0 Å². The Morgan fingerprint density at radius 2 is 2.19 bits per heavy atom. The molecule has 112 valence electrons. The molecule has 5 heteroatoms. The Morgan fingerprint density at radius 1 is 1.43 bits per heavy atom. The predicted molar refractivity (Wildman–Crippen MR) is 82.3 cm³/mol. The van der Waals surface area contributed by atoms with Crippen molar-refractivity contribution in [3.8, 4) is 0 Å². The van der Waals surface area contributed by atoms with Gasteiger partial charge in [-0.05, 0) is 31.5 Å². The Morgan fingerprint density at radius 3 is 2.76 bits per heavy atom. The van der Waals surface area contributed by atoms with E-state index in [0.29, 0.717) is 0 Å². The number of nitrogens with zero attached hydrogens (tertiary/aromatic N) is 2. The molecule has 0 spiro atoms. The summed E-state index contributed by atoms with van der Waals surface area (Å²) in [7, 11) is 0. The maximum absolute atomic E-state index is 13.6. The molecule has 0 aliphatic carbocycles. The van der Waals surface area contributed by atoms with Gasteiger partial charge in [-0.25, -0.2) is 4.39 Å². The van der Waals surface area contributed by atoms with E-state index in [4.69, 9.17) is 11.6 Å². The molecule has 0 bridgehead atoms. The lowest BCUT2D eigenvalue weighted by atomic mass is 9.72. The molecule has 2 heterocycles. The number of nitrogens with one attached hydrogen (secondary N) is 1. The predicted octanol–water partition coefficient (Wildman–Crippen LogP) is 3.09. The van der Waals surface area contributed by atoms with Gasteiger partial charge in [0.25, 0.3) is 0 Å². The van der Waals surface area contributed by atoms with Gasteiger partial charge in [-0.3, -0.25) is 4.68 Å². The van der Waals surface area contributed by atoms with Gasteiger partial charge < -0.3 is 5.32 Å². The molecule has 1 aliphatic rings. The Kier molecular flexibility index (Phi) is 3.76. The van der Waals surface area contributed by atoms with Crippen LogP contribution in [-0.4, -0.2) is 22.9 Å². The molecule has 0 atom stereocenters. The van der Waals surface area contributed by atoms with E-state index in [1.165, 1.54) is 6.07 Å². The van der Waals surface area contributed by atoms with Gasteiger partial charge in [0, 0.05) is 31.5 Å². The highest BCUT2D eigenvalue weighted by molar-refractivity contribution is 6.31.